The topological polar surface area (TPSA) is 32.3 Å². The number of fused-ring (bicyclic) bond motifs is 4. The predicted octanol–water partition coefficient (Wildman–Crippen LogP) is 11.4. The molecule has 0 N–H and O–H groups in total. The molecule has 0 saturated carbocycles. The number of nitrogens with zero attached hydrogens (tertiary/aromatic N) is 4. The van der Waals surface area contributed by atoms with E-state index in [-0.39, 0.29) is 0 Å². The van der Waals surface area contributed by atoms with Gasteiger partial charge in [0.25, 0.3) is 0 Å². The van der Waals surface area contributed by atoms with Crippen molar-refractivity contribution in [2.24, 2.45) is 0 Å². The SMILES string of the molecule is c1ccc(N(c2ccccc2)c2ccc3nc4c(nc3c2)-c2ccc(N(c3ccccc3)c3ccccc3)c3cccc-4c23)cc1. The molecule has 0 radical (unpaired) electrons. The molecule has 1 aliphatic rings. The lowest BCUT2D eigenvalue weighted by molar-refractivity contribution is 1.27. The number of rotatable bonds is 6. The monoisotopic (exact) mass is 588 g/mol. The highest BCUT2D eigenvalue weighted by atomic mass is 15.1. The van der Waals surface area contributed by atoms with Crippen molar-refractivity contribution < 1.29 is 0 Å². The average molecular weight is 589 g/mol. The van der Waals surface area contributed by atoms with Crippen LogP contribution in [0.2, 0.25) is 0 Å². The molecule has 216 valence electrons. The molecule has 0 saturated heterocycles. The van der Waals surface area contributed by atoms with Crippen molar-refractivity contribution in [3.05, 3.63) is 170 Å². The maximum atomic E-state index is 5.31. The van der Waals surface area contributed by atoms with Gasteiger partial charge in [0.2, 0.25) is 0 Å². The second kappa shape index (κ2) is 10.7. The number of hydrogen-bond donors (Lipinski definition) is 0. The first kappa shape index (κ1) is 26.2. The molecule has 7 aromatic carbocycles. The molecule has 0 spiro atoms. The van der Waals surface area contributed by atoms with Gasteiger partial charge in [-0.25, -0.2) is 9.97 Å². The molecule has 0 amide bonds. The van der Waals surface area contributed by atoms with E-state index in [1.807, 2.05) is 12.1 Å². The first-order chi connectivity index (χ1) is 22.8. The van der Waals surface area contributed by atoms with Crippen molar-refractivity contribution in [1.82, 2.24) is 9.97 Å². The van der Waals surface area contributed by atoms with E-state index in [4.69, 9.17) is 9.97 Å². The number of hydrogen-bond acceptors (Lipinski definition) is 4. The molecule has 4 heteroatoms. The highest BCUT2D eigenvalue weighted by Gasteiger charge is 2.28. The summed E-state index contributed by atoms with van der Waals surface area (Å²) in [6.45, 7) is 0. The Morgan fingerprint density at radius 3 is 1.41 bits per heavy atom. The summed E-state index contributed by atoms with van der Waals surface area (Å²) >= 11 is 0. The predicted molar refractivity (Wildman–Crippen MR) is 191 cm³/mol. The van der Waals surface area contributed by atoms with Crippen LogP contribution in [0.3, 0.4) is 0 Å². The van der Waals surface area contributed by atoms with E-state index in [2.05, 4.69) is 168 Å². The molecule has 0 atom stereocenters. The van der Waals surface area contributed by atoms with Crippen LogP contribution in [0.15, 0.2) is 170 Å². The zero-order valence-corrected chi connectivity index (χ0v) is 25.0. The first-order valence-corrected chi connectivity index (χ1v) is 15.5. The van der Waals surface area contributed by atoms with Crippen molar-refractivity contribution >= 4 is 55.9 Å². The van der Waals surface area contributed by atoms with Crippen LogP contribution >= 0.6 is 0 Å². The standard InChI is InChI=1S/C42H28N4/c1-5-14-29(15-6-1)45(30-16-7-2-8-17-30)33-24-26-37-38(28-33)44-42-36-25-27-39(34-22-13-23-35(40(34)36)41(42)43-37)46(31-18-9-3-10-19-31)32-20-11-4-12-21-32/h1-28H. The lowest BCUT2D eigenvalue weighted by atomic mass is 10.0. The van der Waals surface area contributed by atoms with Gasteiger partial charge in [0.1, 0.15) is 0 Å². The maximum absolute atomic E-state index is 5.31. The third-order valence-corrected chi connectivity index (χ3v) is 8.73. The van der Waals surface area contributed by atoms with Gasteiger partial charge in [-0.15, -0.1) is 0 Å². The number of para-hydroxylation sites is 4. The quantitative estimate of drug-likeness (QED) is 0.193. The summed E-state index contributed by atoms with van der Waals surface area (Å²) in [5.41, 5.74) is 12.4. The van der Waals surface area contributed by atoms with Gasteiger partial charge >= 0.3 is 0 Å². The molecule has 0 unspecified atom stereocenters. The molecule has 46 heavy (non-hydrogen) atoms. The zero-order valence-electron chi connectivity index (χ0n) is 25.0. The van der Waals surface area contributed by atoms with Crippen LogP contribution in [0.5, 0.6) is 0 Å². The summed E-state index contributed by atoms with van der Waals surface area (Å²) in [7, 11) is 0. The van der Waals surface area contributed by atoms with Gasteiger partial charge in [-0.2, -0.15) is 0 Å². The van der Waals surface area contributed by atoms with Gasteiger partial charge in [0.15, 0.2) is 0 Å². The lowest BCUT2D eigenvalue weighted by Crippen LogP contribution is -2.10. The Kier molecular flexibility index (Phi) is 6.10. The van der Waals surface area contributed by atoms with E-state index in [0.717, 1.165) is 67.7 Å². The summed E-state index contributed by atoms with van der Waals surface area (Å²) in [5.74, 6) is 0. The van der Waals surface area contributed by atoms with Crippen molar-refractivity contribution in [1.29, 1.82) is 0 Å². The smallest absolute Gasteiger partial charge is 0.0979 e. The van der Waals surface area contributed by atoms with Crippen molar-refractivity contribution in [3.63, 3.8) is 0 Å². The van der Waals surface area contributed by atoms with Crippen LogP contribution in [-0.2, 0) is 0 Å². The highest BCUT2D eigenvalue weighted by Crippen LogP contribution is 2.50. The van der Waals surface area contributed by atoms with Gasteiger partial charge in [-0.3, -0.25) is 0 Å². The van der Waals surface area contributed by atoms with Gasteiger partial charge in [0, 0.05) is 50.3 Å². The second-order valence-electron chi connectivity index (χ2n) is 11.5. The molecule has 1 aromatic heterocycles. The van der Waals surface area contributed by atoms with Crippen molar-refractivity contribution in [3.8, 4) is 22.5 Å². The molecule has 4 nitrogen and oxygen atoms in total. The number of anilines is 6. The Hall–Kier alpha value is -6.26. The molecular formula is C42H28N4. The maximum Gasteiger partial charge on any atom is 0.0979 e. The summed E-state index contributed by atoms with van der Waals surface area (Å²) in [6, 6.07) is 59.4. The Balaban J connectivity index is 1.21. The minimum absolute atomic E-state index is 0.869. The first-order valence-electron chi connectivity index (χ1n) is 15.5. The minimum Gasteiger partial charge on any atom is -0.310 e. The zero-order chi connectivity index (χ0) is 30.5. The normalized spacial score (nSPS) is 11.5. The van der Waals surface area contributed by atoms with Gasteiger partial charge in [-0.05, 0) is 78.9 Å². The fourth-order valence-electron chi connectivity index (χ4n) is 6.72. The van der Waals surface area contributed by atoms with E-state index in [0.29, 0.717) is 0 Å². The molecule has 8 aromatic rings. The fraction of sp³-hybridized carbons (Fsp3) is 0. The van der Waals surface area contributed by atoms with Gasteiger partial charge in [0.05, 0.1) is 28.1 Å². The largest absolute Gasteiger partial charge is 0.310 e. The summed E-state index contributed by atoms with van der Waals surface area (Å²) in [6.07, 6.45) is 0. The van der Waals surface area contributed by atoms with Crippen molar-refractivity contribution in [2.45, 2.75) is 0 Å². The third kappa shape index (κ3) is 4.23. The number of benzene rings is 7. The Labute approximate surface area is 267 Å². The van der Waals surface area contributed by atoms with Crippen LogP contribution in [0.4, 0.5) is 34.1 Å². The van der Waals surface area contributed by atoms with Crippen LogP contribution in [-0.4, -0.2) is 9.97 Å². The molecule has 1 aliphatic carbocycles. The fourth-order valence-corrected chi connectivity index (χ4v) is 6.72. The molecule has 1 heterocycles. The van der Waals surface area contributed by atoms with E-state index < -0.39 is 0 Å². The average Bonchev–Trinajstić information content (AvgIpc) is 3.44. The van der Waals surface area contributed by atoms with E-state index in [1.54, 1.807) is 0 Å². The van der Waals surface area contributed by atoms with Crippen LogP contribution in [0.1, 0.15) is 0 Å². The van der Waals surface area contributed by atoms with Crippen LogP contribution < -0.4 is 9.80 Å². The minimum atomic E-state index is 0.869. The molecular weight excluding hydrogens is 560 g/mol. The molecule has 9 rings (SSSR count). The van der Waals surface area contributed by atoms with E-state index >= 15 is 0 Å². The van der Waals surface area contributed by atoms with E-state index in [9.17, 15) is 0 Å². The molecule has 0 fully saturated rings. The lowest BCUT2D eigenvalue weighted by Gasteiger charge is -2.27. The second-order valence-corrected chi connectivity index (χ2v) is 11.5. The molecule has 0 aliphatic heterocycles. The molecule has 0 bridgehead atoms. The van der Waals surface area contributed by atoms with E-state index in [1.165, 1.54) is 10.8 Å². The van der Waals surface area contributed by atoms with Gasteiger partial charge < -0.3 is 9.80 Å². The van der Waals surface area contributed by atoms with Gasteiger partial charge in [-0.1, -0.05) is 91.0 Å². The Morgan fingerprint density at radius 1 is 0.348 bits per heavy atom. The Morgan fingerprint density at radius 2 is 0.848 bits per heavy atom. The van der Waals surface area contributed by atoms with Crippen LogP contribution in [0, 0.1) is 0 Å². The van der Waals surface area contributed by atoms with Crippen molar-refractivity contribution in [2.75, 3.05) is 9.80 Å². The third-order valence-electron chi connectivity index (χ3n) is 8.73. The summed E-state index contributed by atoms with van der Waals surface area (Å²) < 4.78 is 0. The Bertz CT molecular complexity index is 2280. The van der Waals surface area contributed by atoms with Crippen LogP contribution in [0.25, 0.3) is 44.3 Å². The summed E-state index contributed by atoms with van der Waals surface area (Å²) in [4.78, 5) is 15.1. The number of aromatic nitrogens is 2. The highest BCUT2D eigenvalue weighted by molar-refractivity contribution is 6.18. The summed E-state index contributed by atoms with van der Waals surface area (Å²) in [5, 5.41) is 2.36.